The highest BCUT2D eigenvalue weighted by Gasteiger charge is 2.31. The van der Waals surface area contributed by atoms with Crippen LogP contribution in [0.4, 0.5) is 13.2 Å². The van der Waals surface area contributed by atoms with Gasteiger partial charge < -0.3 is 4.74 Å². The number of hydrogen-bond acceptors (Lipinski definition) is 2. The molecule has 3 nitrogen and oxygen atoms in total. The molecule has 0 amide bonds. The molecule has 3 rings (SSSR count). The van der Waals surface area contributed by atoms with Gasteiger partial charge in [0.1, 0.15) is 5.75 Å². The maximum absolute atomic E-state index is 12.1. The lowest BCUT2D eigenvalue weighted by Crippen LogP contribution is -2.21. The number of halogens is 3. The van der Waals surface area contributed by atoms with Gasteiger partial charge in [0.25, 0.3) is 5.56 Å². The molecule has 0 aliphatic heterocycles. The molecule has 1 aliphatic rings. The molecule has 1 heterocycles. The van der Waals surface area contributed by atoms with Crippen LogP contribution in [-0.2, 0) is 12.8 Å². The molecule has 0 saturated heterocycles. The van der Waals surface area contributed by atoms with Crippen molar-refractivity contribution in [3.8, 4) is 11.4 Å². The van der Waals surface area contributed by atoms with Crippen molar-refractivity contribution in [1.82, 2.24) is 4.57 Å². The van der Waals surface area contributed by atoms with E-state index in [4.69, 9.17) is 0 Å². The number of hydrogen-bond donors (Lipinski definition) is 0. The molecular weight excluding hydrogens is 283 g/mol. The quantitative estimate of drug-likeness (QED) is 0.852. The van der Waals surface area contributed by atoms with E-state index < -0.39 is 6.36 Å². The highest BCUT2D eigenvalue weighted by molar-refractivity contribution is 5.41. The van der Waals surface area contributed by atoms with Gasteiger partial charge >= 0.3 is 6.36 Å². The summed E-state index contributed by atoms with van der Waals surface area (Å²) in [5.74, 6) is -0.299. The molecule has 0 spiro atoms. The predicted octanol–water partition coefficient (Wildman–Crippen LogP) is 3.22. The molecule has 0 atom stereocenters. The molecule has 0 bridgehead atoms. The van der Waals surface area contributed by atoms with Gasteiger partial charge in [0, 0.05) is 17.4 Å². The first-order valence-corrected chi connectivity index (χ1v) is 6.54. The highest BCUT2D eigenvalue weighted by Crippen LogP contribution is 2.26. The average Bonchev–Trinajstić information content (AvgIpc) is 2.86. The van der Waals surface area contributed by atoms with E-state index in [1.807, 2.05) is 6.07 Å². The summed E-state index contributed by atoms with van der Waals surface area (Å²) in [5.41, 5.74) is 2.42. The number of alkyl halides is 3. The summed E-state index contributed by atoms with van der Waals surface area (Å²) in [6.07, 6.45) is -2.02. The molecule has 0 radical (unpaired) electrons. The van der Waals surface area contributed by atoms with Gasteiger partial charge in [-0.25, -0.2) is 0 Å². The van der Waals surface area contributed by atoms with Gasteiger partial charge in [0.05, 0.1) is 0 Å². The molecule has 0 unspecified atom stereocenters. The van der Waals surface area contributed by atoms with Gasteiger partial charge in [-0.2, -0.15) is 0 Å². The Morgan fingerprint density at radius 2 is 1.71 bits per heavy atom. The maximum Gasteiger partial charge on any atom is 0.573 e. The number of benzene rings is 1. The normalized spacial score (nSPS) is 14.0. The summed E-state index contributed by atoms with van der Waals surface area (Å²) >= 11 is 0. The molecule has 21 heavy (non-hydrogen) atoms. The molecule has 1 aromatic heterocycles. The Hall–Kier alpha value is -2.24. The second-order valence-corrected chi connectivity index (χ2v) is 4.87. The van der Waals surface area contributed by atoms with Crippen LogP contribution in [0.2, 0.25) is 0 Å². The van der Waals surface area contributed by atoms with Crippen molar-refractivity contribution >= 4 is 0 Å². The molecule has 1 aliphatic carbocycles. The second-order valence-electron chi connectivity index (χ2n) is 4.87. The van der Waals surface area contributed by atoms with Gasteiger partial charge in [-0.1, -0.05) is 6.07 Å². The zero-order valence-electron chi connectivity index (χ0n) is 11.0. The number of rotatable bonds is 2. The van der Waals surface area contributed by atoms with E-state index in [1.165, 1.54) is 30.3 Å². The number of nitrogens with zero attached hydrogens (tertiary/aromatic N) is 1. The molecule has 0 saturated carbocycles. The number of aryl methyl sites for hydroxylation is 1. The van der Waals surface area contributed by atoms with Gasteiger partial charge in [0.2, 0.25) is 0 Å². The van der Waals surface area contributed by atoms with E-state index in [2.05, 4.69) is 4.74 Å². The lowest BCUT2D eigenvalue weighted by atomic mass is 10.2. The number of fused-ring (bicyclic) bond motifs is 1. The largest absolute Gasteiger partial charge is 0.573 e. The van der Waals surface area contributed by atoms with Crippen molar-refractivity contribution in [3.63, 3.8) is 0 Å². The number of aromatic nitrogens is 1. The Bertz CT molecular complexity index is 717. The first-order valence-electron chi connectivity index (χ1n) is 6.54. The lowest BCUT2D eigenvalue weighted by molar-refractivity contribution is -0.274. The van der Waals surface area contributed by atoms with Crippen LogP contribution < -0.4 is 10.3 Å². The van der Waals surface area contributed by atoms with Gasteiger partial charge in [-0.3, -0.25) is 9.36 Å². The fourth-order valence-electron chi connectivity index (χ4n) is 2.65. The smallest absolute Gasteiger partial charge is 0.406 e. The summed E-state index contributed by atoms with van der Waals surface area (Å²) in [5, 5.41) is 0. The van der Waals surface area contributed by atoms with Crippen molar-refractivity contribution < 1.29 is 17.9 Å². The number of pyridine rings is 1. The Morgan fingerprint density at radius 3 is 2.38 bits per heavy atom. The molecule has 0 fully saturated rings. The number of ether oxygens (including phenoxy) is 1. The minimum Gasteiger partial charge on any atom is -0.406 e. The minimum absolute atomic E-state index is 0.180. The Morgan fingerprint density at radius 1 is 1.00 bits per heavy atom. The SMILES string of the molecule is O=c1ccc2c(n1-c1ccc(OC(F)(F)F)cc1)CCC2. The van der Waals surface area contributed by atoms with Crippen LogP contribution in [0.25, 0.3) is 5.69 Å². The van der Waals surface area contributed by atoms with Crippen molar-refractivity contribution in [2.75, 3.05) is 0 Å². The maximum atomic E-state index is 12.1. The summed E-state index contributed by atoms with van der Waals surface area (Å²) in [6, 6.07) is 8.65. The van der Waals surface area contributed by atoms with Gasteiger partial charge in [0.15, 0.2) is 0 Å². The molecule has 1 aromatic carbocycles. The van der Waals surface area contributed by atoms with Crippen molar-refractivity contribution in [3.05, 3.63) is 58.0 Å². The summed E-state index contributed by atoms with van der Waals surface area (Å²) in [7, 11) is 0. The van der Waals surface area contributed by atoms with Crippen LogP contribution in [-0.4, -0.2) is 10.9 Å². The van der Waals surface area contributed by atoms with E-state index in [9.17, 15) is 18.0 Å². The molecule has 110 valence electrons. The monoisotopic (exact) mass is 295 g/mol. The Kier molecular flexibility index (Phi) is 3.23. The summed E-state index contributed by atoms with van der Waals surface area (Å²) < 4.78 is 41.8. The zero-order chi connectivity index (χ0) is 15.0. The molecule has 0 N–H and O–H groups in total. The van der Waals surface area contributed by atoms with Crippen molar-refractivity contribution in [1.29, 1.82) is 0 Å². The third kappa shape index (κ3) is 2.79. The van der Waals surface area contributed by atoms with E-state index in [0.29, 0.717) is 5.69 Å². The lowest BCUT2D eigenvalue weighted by Gasteiger charge is -2.13. The van der Waals surface area contributed by atoms with E-state index in [0.717, 1.165) is 30.5 Å². The summed E-state index contributed by atoms with van der Waals surface area (Å²) in [6.45, 7) is 0. The first-order chi connectivity index (χ1) is 9.94. The first kappa shape index (κ1) is 13.7. The van der Waals surface area contributed by atoms with Gasteiger partial charge in [-0.15, -0.1) is 13.2 Å². The van der Waals surface area contributed by atoms with Crippen molar-refractivity contribution in [2.24, 2.45) is 0 Å². The fraction of sp³-hybridized carbons (Fsp3) is 0.267. The summed E-state index contributed by atoms with van der Waals surface area (Å²) in [4.78, 5) is 12.0. The third-order valence-corrected chi connectivity index (χ3v) is 3.48. The second kappa shape index (κ2) is 4.95. The topological polar surface area (TPSA) is 31.2 Å². The van der Waals surface area contributed by atoms with Gasteiger partial charge in [-0.05, 0) is 49.1 Å². The van der Waals surface area contributed by atoms with Crippen LogP contribution in [0.1, 0.15) is 17.7 Å². The average molecular weight is 295 g/mol. The zero-order valence-corrected chi connectivity index (χ0v) is 11.0. The standard InChI is InChI=1S/C15H12F3NO2/c16-15(17,18)21-12-7-5-11(6-8-12)19-13-3-1-2-10(13)4-9-14(19)20/h4-9H,1-3H2. The van der Waals surface area contributed by atoms with E-state index in [1.54, 1.807) is 4.57 Å². The van der Waals surface area contributed by atoms with E-state index in [-0.39, 0.29) is 11.3 Å². The Balaban J connectivity index is 1.99. The minimum atomic E-state index is -4.72. The Labute approximate surface area is 118 Å². The van der Waals surface area contributed by atoms with Crippen LogP contribution in [0, 0.1) is 0 Å². The van der Waals surface area contributed by atoms with Crippen LogP contribution >= 0.6 is 0 Å². The third-order valence-electron chi connectivity index (χ3n) is 3.48. The highest BCUT2D eigenvalue weighted by atomic mass is 19.4. The van der Waals surface area contributed by atoms with E-state index >= 15 is 0 Å². The molecule has 6 heteroatoms. The van der Waals surface area contributed by atoms with Crippen LogP contribution in [0.5, 0.6) is 5.75 Å². The fourth-order valence-corrected chi connectivity index (χ4v) is 2.65. The molecule has 2 aromatic rings. The van der Waals surface area contributed by atoms with Crippen molar-refractivity contribution in [2.45, 2.75) is 25.6 Å². The van der Waals surface area contributed by atoms with Crippen LogP contribution in [0.15, 0.2) is 41.2 Å². The molecular formula is C15H12F3NO2. The predicted molar refractivity (Wildman–Crippen MR) is 70.7 cm³/mol. The van der Waals surface area contributed by atoms with Crippen LogP contribution in [0.3, 0.4) is 0 Å².